The molecule has 6 aromatic rings. The number of piperidine rings is 1. The molecule has 0 spiro atoms. The number of halogens is 1. The van der Waals surface area contributed by atoms with Gasteiger partial charge in [-0.05, 0) is 49.7 Å². The first-order valence-electron chi connectivity index (χ1n) is 12.3. The fraction of sp³-hybridized carbons (Fsp3) is 0.222. The van der Waals surface area contributed by atoms with E-state index in [1.807, 2.05) is 24.4 Å². The average Bonchev–Trinajstić information content (AvgIpc) is 3.69. The zero-order valence-electron chi connectivity index (χ0n) is 19.9. The van der Waals surface area contributed by atoms with E-state index in [4.69, 9.17) is 9.40 Å². The summed E-state index contributed by atoms with van der Waals surface area (Å²) < 4.78 is 21.3. The molecule has 2 N–H and O–H groups in total. The maximum atomic E-state index is 16.1. The third kappa shape index (κ3) is 3.86. The van der Waals surface area contributed by atoms with Crippen LogP contribution in [-0.4, -0.2) is 53.1 Å². The molecule has 37 heavy (non-hydrogen) atoms. The molecule has 0 aromatic carbocycles. The Bertz CT molecular complexity index is 1720. The van der Waals surface area contributed by atoms with Gasteiger partial charge < -0.3 is 9.40 Å². The van der Waals surface area contributed by atoms with Gasteiger partial charge >= 0.3 is 0 Å². The fourth-order valence-electron chi connectivity index (χ4n) is 5.08. The summed E-state index contributed by atoms with van der Waals surface area (Å²) in [4.78, 5) is 23.7. The van der Waals surface area contributed by atoms with E-state index in [-0.39, 0.29) is 5.39 Å². The molecule has 1 aliphatic rings. The van der Waals surface area contributed by atoms with Gasteiger partial charge in [-0.15, -0.1) is 0 Å². The highest BCUT2D eigenvalue weighted by atomic mass is 19.1. The van der Waals surface area contributed by atoms with Crippen molar-refractivity contribution in [3.63, 3.8) is 0 Å². The quantitative estimate of drug-likeness (QED) is 0.332. The van der Waals surface area contributed by atoms with Gasteiger partial charge in [0.2, 0.25) is 0 Å². The van der Waals surface area contributed by atoms with Crippen LogP contribution in [0.4, 0.5) is 4.39 Å². The number of pyridine rings is 3. The first-order valence-corrected chi connectivity index (χ1v) is 12.3. The van der Waals surface area contributed by atoms with E-state index in [0.29, 0.717) is 39.5 Å². The minimum atomic E-state index is -0.417. The largest absolute Gasteiger partial charge is 0.472 e. The first-order chi connectivity index (χ1) is 18.2. The normalized spacial score (nSPS) is 14.6. The number of hydrogen-bond donors (Lipinski definition) is 2. The van der Waals surface area contributed by atoms with E-state index < -0.39 is 5.82 Å². The van der Waals surface area contributed by atoms with Gasteiger partial charge in [-0.25, -0.2) is 14.4 Å². The molecule has 1 aliphatic heterocycles. The number of furan rings is 1. The van der Waals surface area contributed by atoms with Gasteiger partial charge in [-0.3, -0.25) is 20.0 Å². The highest BCUT2D eigenvalue weighted by Crippen LogP contribution is 2.34. The number of nitrogens with zero attached hydrogens (tertiary/aromatic N) is 6. The Labute approximate surface area is 210 Å². The molecule has 0 saturated carbocycles. The molecule has 0 aliphatic carbocycles. The molecule has 0 atom stereocenters. The van der Waals surface area contributed by atoms with E-state index in [1.165, 1.54) is 25.5 Å². The number of aromatic amines is 2. The van der Waals surface area contributed by atoms with Gasteiger partial charge in [-0.2, -0.15) is 5.10 Å². The molecule has 0 amide bonds. The van der Waals surface area contributed by atoms with Crippen LogP contribution in [-0.2, 0) is 6.54 Å². The summed E-state index contributed by atoms with van der Waals surface area (Å²) in [6, 6.07) is 5.64. The van der Waals surface area contributed by atoms with Crippen molar-refractivity contribution >= 4 is 22.1 Å². The summed E-state index contributed by atoms with van der Waals surface area (Å²) in [6.07, 6.45) is 13.7. The molecular formula is C27H23FN8O. The average molecular weight is 495 g/mol. The van der Waals surface area contributed by atoms with Crippen molar-refractivity contribution in [1.29, 1.82) is 0 Å². The van der Waals surface area contributed by atoms with E-state index in [1.54, 1.807) is 24.9 Å². The van der Waals surface area contributed by atoms with Crippen LogP contribution in [0.3, 0.4) is 0 Å². The van der Waals surface area contributed by atoms with Gasteiger partial charge in [0.25, 0.3) is 0 Å². The summed E-state index contributed by atoms with van der Waals surface area (Å²) >= 11 is 0. The number of nitrogens with one attached hydrogen (secondary N) is 2. The molecule has 0 unspecified atom stereocenters. The molecule has 184 valence electrons. The summed E-state index contributed by atoms with van der Waals surface area (Å²) in [7, 11) is 0. The highest BCUT2D eigenvalue weighted by molar-refractivity contribution is 5.96. The fourth-order valence-corrected chi connectivity index (χ4v) is 5.08. The third-order valence-electron chi connectivity index (χ3n) is 6.91. The SMILES string of the molecule is Fc1c(-c2cncc(CN3CCCCC3)c2)cnc2[nH]nc(-c3nc4c(-c5ccoc5)nccc4[nH]3)c12. The Morgan fingerprint density at radius 3 is 2.78 bits per heavy atom. The summed E-state index contributed by atoms with van der Waals surface area (Å²) in [5, 5.41) is 7.48. The molecule has 0 bridgehead atoms. The number of hydrogen-bond acceptors (Lipinski definition) is 7. The smallest absolute Gasteiger partial charge is 0.159 e. The van der Waals surface area contributed by atoms with Crippen LogP contribution in [0.25, 0.3) is 56.0 Å². The molecule has 6 aromatic heterocycles. The Kier molecular flexibility index (Phi) is 5.24. The van der Waals surface area contributed by atoms with E-state index >= 15 is 4.39 Å². The van der Waals surface area contributed by atoms with E-state index in [0.717, 1.165) is 36.3 Å². The van der Waals surface area contributed by atoms with Crippen LogP contribution in [0.1, 0.15) is 24.8 Å². The van der Waals surface area contributed by atoms with Crippen LogP contribution >= 0.6 is 0 Å². The van der Waals surface area contributed by atoms with Crippen molar-refractivity contribution in [2.75, 3.05) is 13.1 Å². The van der Waals surface area contributed by atoms with Crippen LogP contribution in [0, 0.1) is 5.82 Å². The maximum absolute atomic E-state index is 16.1. The van der Waals surface area contributed by atoms with Crippen molar-refractivity contribution in [3.05, 3.63) is 66.9 Å². The van der Waals surface area contributed by atoms with Crippen molar-refractivity contribution in [1.82, 2.24) is 40.0 Å². The minimum absolute atomic E-state index is 0.274. The second-order valence-electron chi connectivity index (χ2n) is 9.35. The van der Waals surface area contributed by atoms with Crippen molar-refractivity contribution in [2.24, 2.45) is 0 Å². The number of fused-ring (bicyclic) bond motifs is 2. The number of rotatable bonds is 5. The Hall–Kier alpha value is -4.44. The van der Waals surface area contributed by atoms with Crippen LogP contribution in [0.15, 0.2) is 59.9 Å². The zero-order valence-corrected chi connectivity index (χ0v) is 19.9. The monoisotopic (exact) mass is 494 g/mol. The lowest BCUT2D eigenvalue weighted by Gasteiger charge is -2.26. The molecule has 1 fully saturated rings. The van der Waals surface area contributed by atoms with Crippen LogP contribution < -0.4 is 0 Å². The van der Waals surface area contributed by atoms with E-state index in [9.17, 15) is 0 Å². The molecular weight excluding hydrogens is 471 g/mol. The highest BCUT2D eigenvalue weighted by Gasteiger charge is 2.22. The maximum Gasteiger partial charge on any atom is 0.159 e. The van der Waals surface area contributed by atoms with Gasteiger partial charge in [0.15, 0.2) is 11.5 Å². The summed E-state index contributed by atoms with van der Waals surface area (Å²) in [5.41, 5.74) is 5.71. The summed E-state index contributed by atoms with van der Waals surface area (Å²) in [5.74, 6) is 0.00753. The van der Waals surface area contributed by atoms with Crippen LogP contribution in [0.5, 0.6) is 0 Å². The number of imidazole rings is 1. The number of aromatic nitrogens is 7. The van der Waals surface area contributed by atoms with Crippen molar-refractivity contribution < 1.29 is 8.81 Å². The Balaban J connectivity index is 1.30. The minimum Gasteiger partial charge on any atom is -0.472 e. The lowest BCUT2D eigenvalue weighted by Crippen LogP contribution is -2.29. The van der Waals surface area contributed by atoms with Crippen molar-refractivity contribution in [3.8, 4) is 33.9 Å². The predicted molar refractivity (Wildman–Crippen MR) is 137 cm³/mol. The molecule has 1 saturated heterocycles. The van der Waals surface area contributed by atoms with Gasteiger partial charge in [0.05, 0.1) is 23.4 Å². The second-order valence-corrected chi connectivity index (χ2v) is 9.35. The predicted octanol–water partition coefficient (Wildman–Crippen LogP) is 5.34. The molecule has 0 radical (unpaired) electrons. The summed E-state index contributed by atoms with van der Waals surface area (Å²) in [6.45, 7) is 2.97. The zero-order chi connectivity index (χ0) is 24.8. The lowest BCUT2D eigenvalue weighted by molar-refractivity contribution is 0.220. The third-order valence-corrected chi connectivity index (χ3v) is 6.91. The van der Waals surface area contributed by atoms with E-state index in [2.05, 4.69) is 35.0 Å². The lowest BCUT2D eigenvalue weighted by atomic mass is 10.0. The molecule has 10 heteroatoms. The number of likely N-dealkylation sites (tertiary alicyclic amines) is 1. The standard InChI is InChI=1S/C27H23FN8O/c28-22-19(18-10-16(11-29-12-18)14-36-7-2-1-3-8-36)13-31-26-21(22)25(34-35-26)27-32-20-4-6-30-23(24(20)33-27)17-5-9-37-15-17/h4-6,9-13,15H,1-3,7-8,14H2,(H,32,33)(H,31,34,35). The molecule has 7 rings (SSSR count). The molecule has 9 nitrogen and oxygen atoms in total. The Morgan fingerprint density at radius 2 is 1.92 bits per heavy atom. The van der Waals surface area contributed by atoms with Crippen molar-refractivity contribution in [2.45, 2.75) is 25.8 Å². The van der Waals surface area contributed by atoms with Crippen LogP contribution in [0.2, 0.25) is 0 Å². The Morgan fingerprint density at radius 1 is 1.00 bits per heavy atom. The first kappa shape index (κ1) is 21.8. The topological polar surface area (TPSA) is 112 Å². The number of H-pyrrole nitrogens is 2. The van der Waals surface area contributed by atoms with Gasteiger partial charge in [-0.1, -0.05) is 6.42 Å². The second kappa shape index (κ2) is 8.90. The molecule has 7 heterocycles. The van der Waals surface area contributed by atoms with Gasteiger partial charge in [0.1, 0.15) is 22.7 Å². The van der Waals surface area contributed by atoms with Gasteiger partial charge in [0, 0.05) is 48.0 Å².